The van der Waals surface area contributed by atoms with E-state index in [2.05, 4.69) is 22.9 Å². The second-order valence-electron chi connectivity index (χ2n) is 5.87. The lowest BCUT2D eigenvalue weighted by Gasteiger charge is -2.23. The number of thiazole rings is 1. The van der Waals surface area contributed by atoms with Crippen LogP contribution in [0.3, 0.4) is 0 Å². The highest BCUT2D eigenvalue weighted by Crippen LogP contribution is 2.36. The summed E-state index contributed by atoms with van der Waals surface area (Å²) in [5.41, 5.74) is 0.487. The summed E-state index contributed by atoms with van der Waals surface area (Å²) in [6, 6.07) is 8.13. The number of aromatic nitrogens is 1. The molecule has 1 unspecified atom stereocenters. The average Bonchev–Trinajstić information content (AvgIpc) is 3.04. The Morgan fingerprint density at radius 1 is 1.48 bits per heavy atom. The van der Waals surface area contributed by atoms with E-state index in [0.717, 1.165) is 42.9 Å². The van der Waals surface area contributed by atoms with Gasteiger partial charge in [-0.15, -0.1) is 11.3 Å². The molecule has 0 aliphatic carbocycles. The molecule has 1 fully saturated rings. The molecule has 5 heteroatoms. The Balaban J connectivity index is 1.73. The van der Waals surface area contributed by atoms with Gasteiger partial charge in [-0.2, -0.15) is 0 Å². The molecule has 1 aromatic carbocycles. The quantitative estimate of drug-likeness (QED) is 0.920. The molecule has 1 aromatic heterocycles. The number of fused-ring (bicyclic) bond motifs is 1. The van der Waals surface area contributed by atoms with Crippen LogP contribution in [0.1, 0.15) is 31.2 Å². The van der Waals surface area contributed by atoms with E-state index < -0.39 is 11.4 Å². The highest BCUT2D eigenvalue weighted by molar-refractivity contribution is 7.18. The summed E-state index contributed by atoms with van der Waals surface area (Å²) in [7, 11) is 0. The van der Waals surface area contributed by atoms with Gasteiger partial charge in [-0.25, -0.2) is 4.98 Å². The predicted molar refractivity (Wildman–Crippen MR) is 84.5 cm³/mol. The first-order chi connectivity index (χ1) is 10.1. The van der Waals surface area contributed by atoms with E-state index in [1.807, 2.05) is 18.2 Å². The third-order valence-electron chi connectivity index (χ3n) is 4.31. The fourth-order valence-corrected chi connectivity index (χ4v) is 4.25. The smallest absolute Gasteiger partial charge is 0.310 e. The number of carboxylic acids is 1. The normalized spacial score (nSPS) is 22.9. The lowest BCUT2D eigenvalue weighted by Crippen LogP contribution is -2.34. The molecule has 2 aromatic rings. The van der Waals surface area contributed by atoms with Crippen molar-refractivity contribution in [3.8, 4) is 0 Å². The van der Waals surface area contributed by atoms with Crippen LogP contribution < -0.4 is 0 Å². The molecule has 4 nitrogen and oxygen atoms in total. The van der Waals surface area contributed by atoms with Gasteiger partial charge in [0.15, 0.2) is 0 Å². The number of carbonyl (C=O) groups is 1. The average molecular weight is 304 g/mol. The Morgan fingerprint density at radius 3 is 3.00 bits per heavy atom. The fraction of sp³-hybridized carbons (Fsp3) is 0.500. The first-order valence-electron chi connectivity index (χ1n) is 7.43. The van der Waals surface area contributed by atoms with Crippen molar-refractivity contribution < 1.29 is 9.90 Å². The van der Waals surface area contributed by atoms with Crippen molar-refractivity contribution in [2.45, 2.75) is 32.7 Å². The summed E-state index contributed by atoms with van der Waals surface area (Å²) in [5.74, 6) is -0.642. The molecule has 1 atom stereocenters. The number of benzene rings is 1. The van der Waals surface area contributed by atoms with Gasteiger partial charge in [0.1, 0.15) is 5.01 Å². The Bertz CT molecular complexity index is 622. The molecule has 0 radical (unpaired) electrons. The van der Waals surface area contributed by atoms with E-state index >= 15 is 0 Å². The molecule has 1 saturated heterocycles. The van der Waals surface area contributed by atoms with Crippen molar-refractivity contribution in [3.05, 3.63) is 29.3 Å². The van der Waals surface area contributed by atoms with Gasteiger partial charge < -0.3 is 5.11 Å². The summed E-state index contributed by atoms with van der Waals surface area (Å²) in [6.07, 6.45) is 2.43. The SMILES string of the molecule is CCCC1(C(=O)O)CCN(Cc2nc3ccccc3s2)C1. The molecule has 1 aliphatic rings. The Kier molecular flexibility index (Phi) is 3.95. The van der Waals surface area contributed by atoms with Gasteiger partial charge in [-0.3, -0.25) is 9.69 Å². The largest absolute Gasteiger partial charge is 0.481 e. The van der Waals surface area contributed by atoms with Crippen LogP contribution in [0.5, 0.6) is 0 Å². The number of likely N-dealkylation sites (tertiary alicyclic amines) is 1. The van der Waals surface area contributed by atoms with E-state index in [0.29, 0.717) is 6.54 Å². The van der Waals surface area contributed by atoms with Crippen LogP contribution in [0, 0.1) is 5.41 Å². The summed E-state index contributed by atoms with van der Waals surface area (Å²) < 4.78 is 1.20. The van der Waals surface area contributed by atoms with Crippen molar-refractivity contribution in [3.63, 3.8) is 0 Å². The zero-order valence-electron chi connectivity index (χ0n) is 12.2. The number of aliphatic carboxylic acids is 1. The van der Waals surface area contributed by atoms with Crippen LogP contribution in [-0.4, -0.2) is 34.0 Å². The zero-order chi connectivity index (χ0) is 14.9. The van der Waals surface area contributed by atoms with Crippen molar-refractivity contribution in [1.82, 2.24) is 9.88 Å². The van der Waals surface area contributed by atoms with Crippen LogP contribution in [0.2, 0.25) is 0 Å². The van der Waals surface area contributed by atoms with E-state index in [-0.39, 0.29) is 0 Å². The molecule has 2 heterocycles. The summed E-state index contributed by atoms with van der Waals surface area (Å²) in [5, 5.41) is 10.6. The van der Waals surface area contributed by atoms with Gasteiger partial charge in [-0.1, -0.05) is 25.5 Å². The van der Waals surface area contributed by atoms with Crippen molar-refractivity contribution >= 4 is 27.5 Å². The highest BCUT2D eigenvalue weighted by atomic mass is 32.1. The van der Waals surface area contributed by atoms with E-state index in [4.69, 9.17) is 0 Å². The van der Waals surface area contributed by atoms with Gasteiger partial charge in [-0.05, 0) is 31.5 Å². The minimum absolute atomic E-state index is 0.550. The Labute approximate surface area is 128 Å². The highest BCUT2D eigenvalue weighted by Gasteiger charge is 2.43. The van der Waals surface area contributed by atoms with Crippen molar-refractivity contribution in [2.24, 2.45) is 5.41 Å². The maximum absolute atomic E-state index is 11.6. The summed E-state index contributed by atoms with van der Waals surface area (Å²) >= 11 is 1.71. The Morgan fingerprint density at radius 2 is 2.29 bits per heavy atom. The topological polar surface area (TPSA) is 53.4 Å². The first-order valence-corrected chi connectivity index (χ1v) is 8.25. The summed E-state index contributed by atoms with van der Waals surface area (Å²) in [4.78, 5) is 18.5. The number of rotatable bonds is 5. The van der Waals surface area contributed by atoms with Crippen LogP contribution in [0.4, 0.5) is 0 Å². The minimum atomic E-state index is -0.642. The van der Waals surface area contributed by atoms with Gasteiger partial charge in [0.05, 0.1) is 22.2 Å². The number of para-hydroxylation sites is 1. The predicted octanol–water partition coefficient (Wildman–Crippen LogP) is 3.37. The molecule has 0 amide bonds. The number of hydrogen-bond acceptors (Lipinski definition) is 4. The lowest BCUT2D eigenvalue weighted by molar-refractivity contribution is -0.148. The second-order valence-corrected chi connectivity index (χ2v) is 6.99. The Hall–Kier alpha value is -1.46. The molecular formula is C16H20N2O2S. The number of hydrogen-bond donors (Lipinski definition) is 1. The molecule has 0 saturated carbocycles. The van der Waals surface area contributed by atoms with E-state index in [9.17, 15) is 9.90 Å². The van der Waals surface area contributed by atoms with Crippen LogP contribution in [0.15, 0.2) is 24.3 Å². The minimum Gasteiger partial charge on any atom is -0.481 e. The molecule has 3 rings (SSSR count). The van der Waals surface area contributed by atoms with E-state index in [1.165, 1.54) is 4.70 Å². The third kappa shape index (κ3) is 2.80. The fourth-order valence-electron chi connectivity index (χ4n) is 3.24. The van der Waals surface area contributed by atoms with Gasteiger partial charge in [0, 0.05) is 6.54 Å². The summed E-state index contributed by atoms with van der Waals surface area (Å²) in [6.45, 7) is 4.31. The molecule has 112 valence electrons. The monoisotopic (exact) mass is 304 g/mol. The van der Waals surface area contributed by atoms with Gasteiger partial charge in [0.2, 0.25) is 0 Å². The molecular weight excluding hydrogens is 284 g/mol. The first kappa shape index (κ1) is 14.5. The molecule has 21 heavy (non-hydrogen) atoms. The van der Waals surface area contributed by atoms with Crippen LogP contribution >= 0.6 is 11.3 Å². The van der Waals surface area contributed by atoms with Crippen LogP contribution in [0.25, 0.3) is 10.2 Å². The van der Waals surface area contributed by atoms with Crippen molar-refractivity contribution in [1.29, 1.82) is 0 Å². The molecule has 1 aliphatic heterocycles. The van der Waals surface area contributed by atoms with Gasteiger partial charge in [0.25, 0.3) is 0 Å². The third-order valence-corrected chi connectivity index (χ3v) is 5.33. The molecule has 0 bridgehead atoms. The number of nitrogens with zero attached hydrogens (tertiary/aromatic N) is 2. The lowest BCUT2D eigenvalue weighted by atomic mass is 9.83. The maximum atomic E-state index is 11.6. The van der Waals surface area contributed by atoms with E-state index in [1.54, 1.807) is 11.3 Å². The van der Waals surface area contributed by atoms with Crippen molar-refractivity contribution in [2.75, 3.05) is 13.1 Å². The van der Waals surface area contributed by atoms with Crippen LogP contribution in [-0.2, 0) is 11.3 Å². The second kappa shape index (κ2) is 5.73. The number of carboxylic acid groups (broad SMARTS) is 1. The molecule has 0 spiro atoms. The zero-order valence-corrected chi connectivity index (χ0v) is 13.0. The molecule has 1 N–H and O–H groups in total. The van der Waals surface area contributed by atoms with Gasteiger partial charge >= 0.3 is 5.97 Å². The maximum Gasteiger partial charge on any atom is 0.310 e. The standard InChI is InChI=1S/C16H20N2O2S/c1-2-7-16(15(19)20)8-9-18(11-16)10-14-17-12-5-3-4-6-13(12)21-14/h3-6H,2,7-11H2,1H3,(H,19,20).